The quantitative estimate of drug-likeness (QED) is 0.622. The zero-order valence-electron chi connectivity index (χ0n) is 14.5. The lowest BCUT2D eigenvalue weighted by atomic mass is 10.0. The minimum absolute atomic E-state index is 0.128. The van der Waals surface area contributed by atoms with E-state index in [9.17, 15) is 4.79 Å². The number of carbonyl (C=O) groups excluding carboxylic acids is 1. The number of benzene rings is 2. The van der Waals surface area contributed by atoms with Gasteiger partial charge in [-0.3, -0.25) is 4.79 Å². The molecule has 4 nitrogen and oxygen atoms in total. The normalized spacial score (nSPS) is 10.8. The first kappa shape index (κ1) is 17.7. The summed E-state index contributed by atoms with van der Waals surface area (Å²) in [6, 6.07) is 13.7. The second-order valence-electron chi connectivity index (χ2n) is 5.82. The van der Waals surface area contributed by atoms with E-state index in [1.54, 1.807) is 6.21 Å². The maximum Gasteiger partial charge on any atom is 0.244 e. The summed E-state index contributed by atoms with van der Waals surface area (Å²) in [5.74, 6) is 0.680. The summed E-state index contributed by atoms with van der Waals surface area (Å²) < 4.78 is 5.58. The van der Waals surface area contributed by atoms with E-state index in [1.807, 2.05) is 50.2 Å². The second kappa shape index (κ2) is 8.87. The molecule has 0 unspecified atom stereocenters. The van der Waals surface area contributed by atoms with E-state index in [4.69, 9.17) is 4.74 Å². The van der Waals surface area contributed by atoms with Crippen LogP contribution in [0.2, 0.25) is 0 Å². The molecule has 2 aromatic carbocycles. The van der Waals surface area contributed by atoms with Gasteiger partial charge in [0.25, 0.3) is 0 Å². The van der Waals surface area contributed by atoms with Gasteiger partial charge in [-0.15, -0.1) is 0 Å². The Morgan fingerprint density at radius 2 is 2.04 bits per heavy atom. The number of nitrogens with one attached hydrogen (secondary N) is 1. The van der Waals surface area contributed by atoms with Crippen molar-refractivity contribution < 1.29 is 9.53 Å². The van der Waals surface area contributed by atoms with Crippen molar-refractivity contribution in [1.82, 2.24) is 5.43 Å². The van der Waals surface area contributed by atoms with E-state index in [1.165, 1.54) is 5.56 Å². The standard InChI is InChI=1S/C20H24N2O2/c1-4-10-24-19-7-5-6-17(12-19)14-21-22-20(23)13-18-9-8-15(2)11-16(18)3/h5-9,11-12,14H,4,10,13H2,1-3H3,(H,22,23)/b21-14+. The topological polar surface area (TPSA) is 50.7 Å². The third-order valence-corrected chi connectivity index (χ3v) is 3.58. The van der Waals surface area contributed by atoms with Crippen LogP contribution in [0.25, 0.3) is 0 Å². The summed E-state index contributed by atoms with van der Waals surface area (Å²) in [7, 11) is 0. The molecule has 0 aromatic heterocycles. The van der Waals surface area contributed by atoms with Crippen LogP contribution in [0, 0.1) is 13.8 Å². The molecule has 4 heteroatoms. The molecule has 0 radical (unpaired) electrons. The average molecular weight is 324 g/mol. The molecule has 2 rings (SSSR count). The summed E-state index contributed by atoms with van der Waals surface area (Å²) in [6.45, 7) is 6.81. The molecular weight excluding hydrogens is 300 g/mol. The van der Waals surface area contributed by atoms with E-state index >= 15 is 0 Å². The maximum atomic E-state index is 12.0. The number of nitrogens with zero attached hydrogens (tertiary/aromatic N) is 1. The number of aryl methyl sites for hydroxylation is 2. The Morgan fingerprint density at radius 3 is 2.79 bits per heavy atom. The molecule has 0 spiro atoms. The van der Waals surface area contributed by atoms with Gasteiger partial charge in [0, 0.05) is 0 Å². The molecule has 1 amide bonds. The third-order valence-electron chi connectivity index (χ3n) is 3.58. The monoisotopic (exact) mass is 324 g/mol. The van der Waals surface area contributed by atoms with Gasteiger partial charge in [-0.25, -0.2) is 5.43 Å². The first-order valence-corrected chi connectivity index (χ1v) is 8.19. The van der Waals surface area contributed by atoms with Gasteiger partial charge >= 0.3 is 0 Å². The number of hydrazone groups is 1. The molecule has 0 aliphatic carbocycles. The highest BCUT2D eigenvalue weighted by molar-refractivity contribution is 5.83. The number of hydrogen-bond acceptors (Lipinski definition) is 3. The van der Waals surface area contributed by atoms with Crippen LogP contribution in [-0.2, 0) is 11.2 Å². The van der Waals surface area contributed by atoms with E-state index in [0.29, 0.717) is 13.0 Å². The van der Waals surface area contributed by atoms with E-state index in [-0.39, 0.29) is 5.91 Å². The van der Waals surface area contributed by atoms with Crippen LogP contribution >= 0.6 is 0 Å². The summed E-state index contributed by atoms with van der Waals surface area (Å²) in [5, 5.41) is 4.03. The average Bonchev–Trinajstić information content (AvgIpc) is 2.56. The maximum absolute atomic E-state index is 12.0. The van der Waals surface area contributed by atoms with Crippen molar-refractivity contribution >= 4 is 12.1 Å². The summed E-state index contributed by atoms with van der Waals surface area (Å²) >= 11 is 0. The molecule has 0 heterocycles. The molecule has 1 N–H and O–H groups in total. The highest BCUT2D eigenvalue weighted by atomic mass is 16.5. The fourth-order valence-corrected chi connectivity index (χ4v) is 2.34. The van der Waals surface area contributed by atoms with Gasteiger partial charge in [-0.1, -0.05) is 42.8 Å². The Balaban J connectivity index is 1.90. The Labute approximate surface area is 143 Å². The Morgan fingerprint density at radius 1 is 1.21 bits per heavy atom. The largest absolute Gasteiger partial charge is 0.494 e. The lowest BCUT2D eigenvalue weighted by molar-refractivity contribution is -0.120. The minimum atomic E-state index is -0.128. The van der Waals surface area contributed by atoms with Crippen LogP contribution < -0.4 is 10.2 Å². The van der Waals surface area contributed by atoms with Gasteiger partial charge < -0.3 is 4.74 Å². The Hall–Kier alpha value is -2.62. The van der Waals surface area contributed by atoms with Crippen molar-refractivity contribution in [3.63, 3.8) is 0 Å². The van der Waals surface area contributed by atoms with Crippen molar-refractivity contribution in [2.75, 3.05) is 6.61 Å². The molecular formula is C20H24N2O2. The zero-order chi connectivity index (χ0) is 17.4. The van der Waals surface area contributed by atoms with Crippen LogP contribution in [-0.4, -0.2) is 18.7 Å². The molecule has 0 aliphatic heterocycles. The predicted octanol–water partition coefficient (Wildman–Crippen LogP) is 3.79. The van der Waals surface area contributed by atoms with Gasteiger partial charge in [-0.05, 0) is 49.1 Å². The van der Waals surface area contributed by atoms with Crippen molar-refractivity contribution in [3.8, 4) is 5.75 Å². The van der Waals surface area contributed by atoms with Gasteiger partial charge in [0.2, 0.25) is 5.91 Å². The first-order chi connectivity index (χ1) is 11.6. The molecule has 0 bridgehead atoms. The molecule has 2 aromatic rings. The van der Waals surface area contributed by atoms with Gasteiger partial charge in [-0.2, -0.15) is 5.10 Å². The van der Waals surface area contributed by atoms with Crippen LogP contribution in [0.1, 0.15) is 35.6 Å². The van der Waals surface area contributed by atoms with Crippen LogP contribution in [0.3, 0.4) is 0 Å². The lowest BCUT2D eigenvalue weighted by Crippen LogP contribution is -2.20. The van der Waals surface area contributed by atoms with Gasteiger partial charge in [0.1, 0.15) is 5.75 Å². The number of amides is 1. The number of carbonyl (C=O) groups is 1. The third kappa shape index (κ3) is 5.54. The van der Waals surface area contributed by atoms with Crippen LogP contribution in [0.15, 0.2) is 47.6 Å². The molecule has 24 heavy (non-hydrogen) atoms. The minimum Gasteiger partial charge on any atom is -0.494 e. The van der Waals surface area contributed by atoms with Crippen molar-refractivity contribution in [1.29, 1.82) is 0 Å². The fourth-order valence-electron chi connectivity index (χ4n) is 2.34. The Kier molecular flexibility index (Phi) is 6.55. The summed E-state index contributed by atoms with van der Waals surface area (Å²) in [5.41, 5.74) is 6.79. The number of rotatable bonds is 7. The molecule has 0 saturated carbocycles. The molecule has 0 atom stereocenters. The van der Waals surface area contributed by atoms with E-state index in [0.717, 1.165) is 28.9 Å². The van der Waals surface area contributed by atoms with E-state index < -0.39 is 0 Å². The van der Waals surface area contributed by atoms with Crippen molar-refractivity contribution in [2.45, 2.75) is 33.6 Å². The zero-order valence-corrected chi connectivity index (χ0v) is 14.5. The predicted molar refractivity (Wildman–Crippen MR) is 97.6 cm³/mol. The molecule has 0 aliphatic rings. The highest BCUT2D eigenvalue weighted by Crippen LogP contribution is 2.12. The summed E-state index contributed by atoms with van der Waals surface area (Å²) in [4.78, 5) is 12.0. The number of ether oxygens (including phenoxy) is 1. The second-order valence-corrected chi connectivity index (χ2v) is 5.82. The van der Waals surface area contributed by atoms with Gasteiger partial charge in [0.15, 0.2) is 0 Å². The lowest BCUT2D eigenvalue weighted by Gasteiger charge is -2.06. The summed E-state index contributed by atoms with van der Waals surface area (Å²) in [6.07, 6.45) is 2.91. The Bertz CT molecular complexity index is 723. The first-order valence-electron chi connectivity index (χ1n) is 8.19. The van der Waals surface area contributed by atoms with Crippen LogP contribution in [0.5, 0.6) is 5.75 Å². The number of hydrogen-bond donors (Lipinski definition) is 1. The smallest absolute Gasteiger partial charge is 0.244 e. The van der Waals surface area contributed by atoms with Crippen molar-refractivity contribution in [3.05, 3.63) is 64.7 Å². The highest BCUT2D eigenvalue weighted by Gasteiger charge is 2.05. The molecule has 0 saturated heterocycles. The molecule has 126 valence electrons. The fraction of sp³-hybridized carbons (Fsp3) is 0.300. The SMILES string of the molecule is CCCOc1cccc(/C=N/NC(=O)Cc2ccc(C)cc2C)c1. The molecule has 0 fully saturated rings. The van der Waals surface area contributed by atoms with Gasteiger partial charge in [0.05, 0.1) is 19.2 Å². The van der Waals surface area contributed by atoms with Crippen molar-refractivity contribution in [2.24, 2.45) is 5.10 Å². The van der Waals surface area contributed by atoms with Crippen LogP contribution in [0.4, 0.5) is 0 Å². The van der Waals surface area contributed by atoms with E-state index in [2.05, 4.69) is 23.5 Å².